The van der Waals surface area contributed by atoms with Crippen LogP contribution in [0.5, 0.6) is 5.75 Å². The van der Waals surface area contributed by atoms with E-state index in [1.54, 1.807) is 30.3 Å². The molecule has 2 aromatic carbocycles. The molecule has 21 heavy (non-hydrogen) atoms. The van der Waals surface area contributed by atoms with Gasteiger partial charge in [-0.1, -0.05) is 40.9 Å². The summed E-state index contributed by atoms with van der Waals surface area (Å²) in [6, 6.07) is 8.25. The van der Waals surface area contributed by atoms with Gasteiger partial charge in [-0.25, -0.2) is 0 Å². The number of rotatable bonds is 3. The summed E-state index contributed by atoms with van der Waals surface area (Å²) in [5, 5.41) is 3.86. The van der Waals surface area contributed by atoms with Gasteiger partial charge in [0.25, 0.3) is 5.91 Å². The second kappa shape index (κ2) is 6.56. The number of carbonyl (C=O) groups is 1. The fourth-order valence-electron chi connectivity index (χ4n) is 1.83. The maximum Gasteiger partial charge on any atom is 0.258 e. The smallest absolute Gasteiger partial charge is 0.258 e. The van der Waals surface area contributed by atoms with Crippen LogP contribution in [0.25, 0.3) is 0 Å². The monoisotopic (exact) mass is 343 g/mol. The lowest BCUT2D eigenvalue weighted by Gasteiger charge is -2.13. The molecule has 0 aliphatic carbocycles. The van der Waals surface area contributed by atoms with Crippen LogP contribution in [0, 0.1) is 6.92 Å². The minimum absolute atomic E-state index is 0.218. The summed E-state index contributed by atoms with van der Waals surface area (Å²) < 4.78 is 5.21. The molecule has 0 atom stereocenters. The Balaban J connectivity index is 2.38. The quantitative estimate of drug-likeness (QED) is 0.829. The zero-order valence-electron chi connectivity index (χ0n) is 11.3. The Labute approximate surface area is 137 Å². The lowest BCUT2D eigenvalue weighted by molar-refractivity contribution is 0.102. The minimum atomic E-state index is -0.411. The molecule has 2 aromatic rings. The van der Waals surface area contributed by atoms with Gasteiger partial charge in [0.15, 0.2) is 0 Å². The van der Waals surface area contributed by atoms with Crippen LogP contribution in [-0.4, -0.2) is 13.0 Å². The van der Waals surface area contributed by atoms with Crippen molar-refractivity contribution < 1.29 is 9.53 Å². The Morgan fingerprint density at radius 2 is 1.71 bits per heavy atom. The molecule has 0 saturated heterocycles. The molecule has 1 N–H and O–H groups in total. The van der Waals surface area contributed by atoms with E-state index >= 15 is 0 Å². The molecular formula is C15H12Cl3NO2. The second-order valence-corrected chi connectivity index (χ2v) is 5.57. The molecule has 3 nitrogen and oxygen atoms in total. The van der Waals surface area contributed by atoms with E-state index in [-0.39, 0.29) is 15.6 Å². The summed E-state index contributed by atoms with van der Waals surface area (Å²) in [6.07, 6.45) is 0. The highest BCUT2D eigenvalue weighted by Gasteiger charge is 2.17. The van der Waals surface area contributed by atoms with E-state index in [2.05, 4.69) is 5.32 Å². The SMILES string of the molecule is COc1cc(Cl)c(C)cc1NC(=O)c1c(Cl)cccc1Cl. The van der Waals surface area contributed by atoms with Crippen molar-refractivity contribution in [1.29, 1.82) is 0 Å². The van der Waals surface area contributed by atoms with E-state index in [1.807, 2.05) is 6.92 Å². The number of carbonyl (C=O) groups excluding carboxylic acids is 1. The standard InChI is InChI=1S/C15H12Cl3NO2/c1-8-6-12(13(21-2)7-11(8)18)19-15(20)14-9(16)4-3-5-10(14)17/h3-7H,1-2H3,(H,19,20). The predicted octanol–water partition coefficient (Wildman–Crippen LogP) is 5.22. The van der Waals surface area contributed by atoms with Crippen molar-refractivity contribution >= 4 is 46.4 Å². The Bertz CT molecular complexity index is 681. The van der Waals surface area contributed by atoms with E-state index in [4.69, 9.17) is 39.5 Å². The lowest BCUT2D eigenvalue weighted by Crippen LogP contribution is -2.14. The zero-order valence-corrected chi connectivity index (χ0v) is 13.6. The molecule has 0 radical (unpaired) electrons. The van der Waals surface area contributed by atoms with Gasteiger partial charge >= 0.3 is 0 Å². The van der Waals surface area contributed by atoms with Crippen LogP contribution >= 0.6 is 34.8 Å². The van der Waals surface area contributed by atoms with Gasteiger partial charge in [0.1, 0.15) is 5.75 Å². The number of anilines is 1. The fraction of sp³-hybridized carbons (Fsp3) is 0.133. The molecule has 110 valence electrons. The summed E-state index contributed by atoms with van der Waals surface area (Å²) in [5.74, 6) is 0.0488. The van der Waals surface area contributed by atoms with Crippen LogP contribution in [-0.2, 0) is 0 Å². The maximum atomic E-state index is 12.4. The number of aryl methyl sites for hydroxylation is 1. The van der Waals surface area contributed by atoms with Gasteiger partial charge < -0.3 is 10.1 Å². The van der Waals surface area contributed by atoms with Gasteiger partial charge in [-0.2, -0.15) is 0 Å². The molecule has 0 aromatic heterocycles. The maximum absolute atomic E-state index is 12.4. The van der Waals surface area contributed by atoms with Crippen LogP contribution in [0.1, 0.15) is 15.9 Å². The highest BCUT2D eigenvalue weighted by Crippen LogP contribution is 2.32. The minimum Gasteiger partial charge on any atom is -0.495 e. The van der Waals surface area contributed by atoms with Gasteiger partial charge in [0, 0.05) is 11.1 Å². The van der Waals surface area contributed by atoms with E-state index in [9.17, 15) is 4.79 Å². The van der Waals surface area contributed by atoms with Crippen LogP contribution in [0.2, 0.25) is 15.1 Å². The molecule has 2 rings (SSSR count). The van der Waals surface area contributed by atoms with Crippen molar-refractivity contribution in [2.24, 2.45) is 0 Å². The normalized spacial score (nSPS) is 10.3. The van der Waals surface area contributed by atoms with Crippen molar-refractivity contribution in [1.82, 2.24) is 0 Å². The fourth-order valence-corrected chi connectivity index (χ4v) is 2.55. The highest BCUT2D eigenvalue weighted by atomic mass is 35.5. The van der Waals surface area contributed by atoms with Gasteiger partial charge in [0.05, 0.1) is 28.4 Å². The average Bonchev–Trinajstić information content (AvgIpc) is 2.42. The molecule has 0 aliphatic rings. The molecule has 0 bridgehead atoms. The van der Waals surface area contributed by atoms with Crippen LogP contribution in [0.4, 0.5) is 5.69 Å². The van der Waals surface area contributed by atoms with Crippen molar-refractivity contribution in [2.75, 3.05) is 12.4 Å². The largest absolute Gasteiger partial charge is 0.495 e. The molecule has 0 spiro atoms. The Morgan fingerprint density at radius 1 is 1.10 bits per heavy atom. The predicted molar refractivity (Wildman–Crippen MR) is 87.2 cm³/mol. The van der Waals surface area contributed by atoms with Gasteiger partial charge in [-0.05, 0) is 30.7 Å². The number of amides is 1. The highest BCUT2D eigenvalue weighted by molar-refractivity contribution is 6.40. The van der Waals surface area contributed by atoms with E-state index < -0.39 is 5.91 Å². The first kappa shape index (κ1) is 16.0. The summed E-state index contributed by atoms with van der Waals surface area (Å²) >= 11 is 18.1. The van der Waals surface area contributed by atoms with Crippen molar-refractivity contribution in [3.63, 3.8) is 0 Å². The van der Waals surface area contributed by atoms with Crippen molar-refractivity contribution in [2.45, 2.75) is 6.92 Å². The van der Waals surface area contributed by atoms with Crippen molar-refractivity contribution in [3.8, 4) is 5.75 Å². The number of halogens is 3. The summed E-state index contributed by atoms with van der Waals surface area (Å²) in [7, 11) is 1.50. The molecule has 0 fully saturated rings. The summed E-state index contributed by atoms with van der Waals surface area (Å²) in [4.78, 5) is 12.4. The van der Waals surface area contributed by atoms with Crippen LogP contribution < -0.4 is 10.1 Å². The number of nitrogens with one attached hydrogen (secondary N) is 1. The Hall–Kier alpha value is -1.42. The van der Waals surface area contributed by atoms with E-state index in [0.717, 1.165) is 5.56 Å². The number of hydrogen-bond acceptors (Lipinski definition) is 2. The Kier molecular flexibility index (Phi) is 4.99. The van der Waals surface area contributed by atoms with Gasteiger partial charge in [-0.15, -0.1) is 0 Å². The zero-order chi connectivity index (χ0) is 15.6. The summed E-state index contributed by atoms with van der Waals surface area (Å²) in [6.45, 7) is 1.83. The average molecular weight is 345 g/mol. The third-order valence-corrected chi connectivity index (χ3v) is 3.96. The number of benzene rings is 2. The molecule has 6 heteroatoms. The third-order valence-electron chi connectivity index (χ3n) is 2.92. The number of methoxy groups -OCH3 is 1. The van der Waals surface area contributed by atoms with E-state index in [1.165, 1.54) is 7.11 Å². The van der Waals surface area contributed by atoms with Crippen molar-refractivity contribution in [3.05, 3.63) is 56.5 Å². The van der Waals surface area contributed by atoms with Gasteiger partial charge in [-0.3, -0.25) is 4.79 Å². The lowest BCUT2D eigenvalue weighted by atomic mass is 10.1. The van der Waals surface area contributed by atoms with Gasteiger partial charge in [0.2, 0.25) is 0 Å². The topological polar surface area (TPSA) is 38.3 Å². The second-order valence-electron chi connectivity index (χ2n) is 4.35. The third kappa shape index (κ3) is 3.43. The molecule has 0 saturated carbocycles. The van der Waals surface area contributed by atoms with Crippen LogP contribution in [0.3, 0.4) is 0 Å². The first-order valence-electron chi connectivity index (χ1n) is 6.03. The molecule has 0 heterocycles. The summed E-state index contributed by atoms with van der Waals surface area (Å²) in [5.41, 5.74) is 1.54. The number of hydrogen-bond donors (Lipinski definition) is 1. The molecular weight excluding hydrogens is 333 g/mol. The molecule has 0 unspecified atom stereocenters. The molecule has 0 aliphatic heterocycles. The van der Waals surface area contributed by atoms with E-state index in [0.29, 0.717) is 16.5 Å². The Morgan fingerprint density at radius 3 is 2.29 bits per heavy atom. The first-order chi connectivity index (χ1) is 9.93. The van der Waals surface area contributed by atoms with Crippen LogP contribution in [0.15, 0.2) is 30.3 Å². The molecule has 1 amide bonds. The first-order valence-corrected chi connectivity index (χ1v) is 7.17. The number of ether oxygens (including phenoxy) is 1.